The summed E-state index contributed by atoms with van der Waals surface area (Å²) in [6.45, 7) is 5.63. The Hall–Kier alpha value is -2.96. The van der Waals surface area contributed by atoms with Gasteiger partial charge in [0.25, 0.3) is 0 Å². The van der Waals surface area contributed by atoms with Crippen molar-refractivity contribution in [1.82, 2.24) is 14.1 Å². The number of aryl methyl sites for hydroxylation is 1. The first-order valence-corrected chi connectivity index (χ1v) is 10.9. The molecule has 0 spiro atoms. The third-order valence-corrected chi connectivity index (χ3v) is 6.65. The highest BCUT2D eigenvalue weighted by molar-refractivity contribution is 7.89. The van der Waals surface area contributed by atoms with Gasteiger partial charge in [-0.05, 0) is 73.4 Å². The average molecular weight is 406 g/mol. The van der Waals surface area contributed by atoms with E-state index in [2.05, 4.69) is 9.71 Å². The zero-order chi connectivity index (χ0) is 20.6. The molecule has 2 heterocycles. The van der Waals surface area contributed by atoms with Gasteiger partial charge in [0.05, 0.1) is 10.4 Å². The molecule has 0 unspecified atom stereocenters. The smallest absolute Gasteiger partial charge is 0.241 e. The van der Waals surface area contributed by atoms with Crippen LogP contribution < -0.4 is 4.72 Å². The number of hydrogen-bond acceptors (Lipinski definition) is 3. The summed E-state index contributed by atoms with van der Waals surface area (Å²) in [5.41, 5.74) is 3.95. The van der Waals surface area contributed by atoms with Gasteiger partial charge in [0.2, 0.25) is 10.0 Å². The second-order valence-corrected chi connectivity index (χ2v) is 9.42. The van der Waals surface area contributed by atoms with Crippen molar-refractivity contribution in [3.63, 3.8) is 0 Å². The number of fused-ring (bicyclic) bond motifs is 1. The highest BCUT2D eigenvalue weighted by atomic mass is 32.2. The van der Waals surface area contributed by atoms with Crippen LogP contribution in [0.15, 0.2) is 84.1 Å². The summed E-state index contributed by atoms with van der Waals surface area (Å²) in [5, 5.41) is 0. The molecule has 5 nitrogen and oxygen atoms in total. The molecule has 0 saturated heterocycles. The molecule has 6 heteroatoms. The van der Waals surface area contributed by atoms with E-state index in [-0.39, 0.29) is 4.90 Å². The van der Waals surface area contributed by atoms with Crippen LogP contribution in [0.25, 0.3) is 16.8 Å². The fourth-order valence-corrected chi connectivity index (χ4v) is 4.92. The number of pyridine rings is 1. The monoisotopic (exact) mass is 405 g/mol. The maximum atomic E-state index is 12.9. The predicted molar refractivity (Wildman–Crippen MR) is 115 cm³/mol. The Labute approximate surface area is 171 Å². The Kier molecular flexibility index (Phi) is 4.76. The minimum Gasteiger partial charge on any atom is -0.306 e. The minimum atomic E-state index is -3.65. The van der Waals surface area contributed by atoms with Crippen molar-refractivity contribution >= 4 is 15.7 Å². The van der Waals surface area contributed by atoms with Gasteiger partial charge in [0.1, 0.15) is 5.65 Å². The minimum absolute atomic E-state index is 0.271. The van der Waals surface area contributed by atoms with Crippen molar-refractivity contribution in [1.29, 1.82) is 0 Å². The van der Waals surface area contributed by atoms with Gasteiger partial charge in [-0.3, -0.25) is 0 Å². The van der Waals surface area contributed by atoms with Crippen LogP contribution in [0.1, 0.15) is 25.0 Å². The zero-order valence-corrected chi connectivity index (χ0v) is 17.4. The van der Waals surface area contributed by atoms with E-state index in [9.17, 15) is 8.42 Å². The molecule has 0 aliphatic heterocycles. The van der Waals surface area contributed by atoms with Crippen LogP contribution in [0.2, 0.25) is 0 Å². The SMILES string of the molecule is Cc1cccc(S(=O)(=O)NC(C)(C)c2cccc(-c3ccc4nccn4c3)c2)c1. The maximum absolute atomic E-state index is 12.9. The number of benzene rings is 2. The molecule has 4 rings (SSSR count). The van der Waals surface area contributed by atoms with Crippen molar-refractivity contribution in [3.05, 3.63) is 90.4 Å². The molecule has 0 saturated carbocycles. The molecule has 0 amide bonds. The van der Waals surface area contributed by atoms with Crippen molar-refractivity contribution in [3.8, 4) is 11.1 Å². The Balaban J connectivity index is 1.67. The molecule has 2 aromatic carbocycles. The van der Waals surface area contributed by atoms with Gasteiger partial charge in [0, 0.05) is 18.6 Å². The lowest BCUT2D eigenvalue weighted by atomic mass is 9.92. The van der Waals surface area contributed by atoms with E-state index >= 15 is 0 Å². The summed E-state index contributed by atoms with van der Waals surface area (Å²) in [7, 11) is -3.65. The van der Waals surface area contributed by atoms with E-state index in [4.69, 9.17) is 0 Å². The molecule has 0 aliphatic carbocycles. The van der Waals surface area contributed by atoms with Crippen molar-refractivity contribution in [2.45, 2.75) is 31.2 Å². The fourth-order valence-electron chi connectivity index (χ4n) is 3.41. The average Bonchev–Trinajstić information content (AvgIpc) is 3.15. The van der Waals surface area contributed by atoms with Gasteiger partial charge in [-0.1, -0.05) is 30.3 Å². The zero-order valence-electron chi connectivity index (χ0n) is 16.6. The lowest BCUT2D eigenvalue weighted by Gasteiger charge is -2.27. The summed E-state index contributed by atoms with van der Waals surface area (Å²) in [5.74, 6) is 0. The van der Waals surface area contributed by atoms with Crippen LogP contribution in [0, 0.1) is 6.92 Å². The topological polar surface area (TPSA) is 63.5 Å². The number of sulfonamides is 1. The predicted octanol–water partition coefficient (Wildman–Crippen LogP) is 4.52. The van der Waals surface area contributed by atoms with E-state index in [1.165, 1.54) is 0 Å². The highest BCUT2D eigenvalue weighted by Gasteiger charge is 2.28. The van der Waals surface area contributed by atoms with Crippen LogP contribution in [0.5, 0.6) is 0 Å². The summed E-state index contributed by atoms with van der Waals surface area (Å²) >= 11 is 0. The highest BCUT2D eigenvalue weighted by Crippen LogP contribution is 2.28. The van der Waals surface area contributed by atoms with Crippen molar-refractivity contribution < 1.29 is 8.42 Å². The number of hydrogen-bond donors (Lipinski definition) is 1. The first kappa shape index (κ1) is 19.4. The van der Waals surface area contributed by atoms with Crippen molar-refractivity contribution in [2.75, 3.05) is 0 Å². The van der Waals surface area contributed by atoms with Crippen molar-refractivity contribution in [2.24, 2.45) is 0 Å². The van der Waals surface area contributed by atoms with Gasteiger partial charge >= 0.3 is 0 Å². The third kappa shape index (κ3) is 3.95. The molecular formula is C23H23N3O2S. The van der Waals surface area contributed by atoms with Crippen LogP contribution in [-0.2, 0) is 15.6 Å². The number of imidazole rings is 1. The van der Waals surface area contributed by atoms with Gasteiger partial charge < -0.3 is 4.40 Å². The number of aromatic nitrogens is 2. The fraction of sp³-hybridized carbons (Fsp3) is 0.174. The lowest BCUT2D eigenvalue weighted by Crippen LogP contribution is -2.40. The molecule has 1 N–H and O–H groups in total. The molecule has 0 atom stereocenters. The summed E-state index contributed by atoms with van der Waals surface area (Å²) in [4.78, 5) is 4.54. The molecule has 4 aromatic rings. The van der Waals surface area contributed by atoms with E-state index < -0.39 is 15.6 Å². The number of rotatable bonds is 5. The van der Waals surface area contributed by atoms with E-state index in [0.29, 0.717) is 0 Å². The van der Waals surface area contributed by atoms with Gasteiger partial charge in [0.15, 0.2) is 0 Å². The van der Waals surface area contributed by atoms with Crippen LogP contribution in [0.4, 0.5) is 0 Å². The first-order valence-electron chi connectivity index (χ1n) is 9.39. The van der Waals surface area contributed by atoms with Gasteiger partial charge in [-0.2, -0.15) is 0 Å². The van der Waals surface area contributed by atoms with Gasteiger partial charge in [-0.25, -0.2) is 18.1 Å². The number of nitrogens with one attached hydrogen (secondary N) is 1. The maximum Gasteiger partial charge on any atom is 0.241 e. The first-order chi connectivity index (χ1) is 13.7. The lowest BCUT2D eigenvalue weighted by molar-refractivity contribution is 0.472. The Morgan fingerprint density at radius 2 is 1.76 bits per heavy atom. The van der Waals surface area contributed by atoms with Crippen LogP contribution in [-0.4, -0.2) is 17.8 Å². The molecule has 0 fully saturated rings. The molecule has 29 heavy (non-hydrogen) atoms. The molecule has 0 bridgehead atoms. The van der Waals surface area contributed by atoms with Gasteiger partial charge in [-0.15, -0.1) is 0 Å². The second-order valence-electron chi connectivity index (χ2n) is 7.74. The van der Waals surface area contributed by atoms with E-state index in [0.717, 1.165) is 27.9 Å². The van der Waals surface area contributed by atoms with Crippen LogP contribution >= 0.6 is 0 Å². The molecule has 2 aromatic heterocycles. The normalized spacial score (nSPS) is 12.4. The Bertz CT molecular complexity index is 1290. The second kappa shape index (κ2) is 7.13. The van der Waals surface area contributed by atoms with Crippen LogP contribution in [0.3, 0.4) is 0 Å². The summed E-state index contributed by atoms with van der Waals surface area (Å²) < 4.78 is 30.7. The Morgan fingerprint density at radius 3 is 2.55 bits per heavy atom. The quantitative estimate of drug-likeness (QED) is 0.531. The standard InChI is InChI=1S/C23H23N3O2S/c1-17-6-4-9-21(14-17)29(27,28)25-23(2,3)20-8-5-7-18(15-20)19-10-11-22-24-12-13-26(22)16-19/h4-16,25H,1-3H3. The molecule has 148 valence electrons. The molecular weight excluding hydrogens is 382 g/mol. The van der Waals surface area contributed by atoms with E-state index in [1.807, 2.05) is 80.0 Å². The summed E-state index contributed by atoms with van der Waals surface area (Å²) in [6.07, 6.45) is 5.69. The largest absolute Gasteiger partial charge is 0.306 e. The van der Waals surface area contributed by atoms with E-state index in [1.54, 1.807) is 24.4 Å². The Morgan fingerprint density at radius 1 is 0.966 bits per heavy atom. The number of nitrogens with zero attached hydrogens (tertiary/aromatic N) is 2. The summed E-state index contributed by atoms with van der Waals surface area (Å²) in [6, 6.07) is 18.8. The molecule has 0 aliphatic rings. The molecule has 0 radical (unpaired) electrons. The third-order valence-electron chi connectivity index (χ3n) is 5.00.